The summed E-state index contributed by atoms with van der Waals surface area (Å²) in [6, 6.07) is 0. The lowest BCUT2D eigenvalue weighted by molar-refractivity contribution is 0.588. The summed E-state index contributed by atoms with van der Waals surface area (Å²) < 4.78 is 0. The molecule has 3 heteroatoms. The summed E-state index contributed by atoms with van der Waals surface area (Å²) in [5.74, 6) is 0.746. The van der Waals surface area contributed by atoms with Gasteiger partial charge in [-0.2, -0.15) is 0 Å². The molecule has 1 aromatic rings. The quantitative estimate of drug-likeness (QED) is 0.631. The van der Waals surface area contributed by atoms with Gasteiger partial charge in [0.15, 0.2) is 0 Å². The van der Waals surface area contributed by atoms with E-state index in [1.807, 2.05) is 11.3 Å². The van der Waals surface area contributed by atoms with Gasteiger partial charge < -0.3 is 5.32 Å². The Morgan fingerprint density at radius 1 is 1.22 bits per heavy atom. The number of hydrogen-bond donors (Lipinski definition) is 1. The molecule has 1 aliphatic rings. The molecule has 102 valence electrons. The summed E-state index contributed by atoms with van der Waals surface area (Å²) in [5.41, 5.74) is 1.25. The third-order valence-corrected chi connectivity index (χ3v) is 5.15. The van der Waals surface area contributed by atoms with Gasteiger partial charge in [-0.05, 0) is 32.7 Å². The highest BCUT2D eigenvalue weighted by Crippen LogP contribution is 2.34. The van der Waals surface area contributed by atoms with Crippen LogP contribution in [-0.2, 0) is 6.54 Å². The number of aromatic nitrogens is 1. The van der Waals surface area contributed by atoms with E-state index in [1.165, 1.54) is 60.5 Å². The molecule has 1 heterocycles. The van der Waals surface area contributed by atoms with Crippen molar-refractivity contribution in [2.75, 3.05) is 6.54 Å². The van der Waals surface area contributed by atoms with E-state index < -0.39 is 0 Å². The molecule has 0 atom stereocenters. The average molecular weight is 266 g/mol. The summed E-state index contributed by atoms with van der Waals surface area (Å²) >= 11 is 1.95. The highest BCUT2D eigenvalue weighted by atomic mass is 32.1. The van der Waals surface area contributed by atoms with Gasteiger partial charge in [-0.15, -0.1) is 11.3 Å². The Morgan fingerprint density at radius 2 is 1.94 bits per heavy atom. The molecular formula is C15H26N2S. The second kappa shape index (κ2) is 7.25. The lowest BCUT2D eigenvalue weighted by Crippen LogP contribution is -2.13. The van der Waals surface area contributed by atoms with Gasteiger partial charge in [0.25, 0.3) is 0 Å². The summed E-state index contributed by atoms with van der Waals surface area (Å²) in [6.45, 7) is 6.49. The van der Waals surface area contributed by atoms with Crippen LogP contribution in [0.15, 0.2) is 0 Å². The second-order valence-corrected chi connectivity index (χ2v) is 6.54. The van der Waals surface area contributed by atoms with Crippen LogP contribution in [0, 0.1) is 6.92 Å². The van der Waals surface area contributed by atoms with E-state index in [4.69, 9.17) is 4.98 Å². The van der Waals surface area contributed by atoms with E-state index in [2.05, 4.69) is 19.2 Å². The zero-order chi connectivity index (χ0) is 12.8. The van der Waals surface area contributed by atoms with Crippen molar-refractivity contribution in [1.29, 1.82) is 0 Å². The van der Waals surface area contributed by atoms with Crippen LogP contribution in [-0.4, -0.2) is 11.5 Å². The number of nitrogens with one attached hydrogen (secondary N) is 1. The fourth-order valence-electron chi connectivity index (χ4n) is 2.69. The van der Waals surface area contributed by atoms with Crippen molar-refractivity contribution >= 4 is 11.3 Å². The highest BCUT2D eigenvalue weighted by Gasteiger charge is 2.19. The molecule has 18 heavy (non-hydrogen) atoms. The number of rotatable bonds is 5. The van der Waals surface area contributed by atoms with Gasteiger partial charge in [-0.3, -0.25) is 0 Å². The molecule has 0 amide bonds. The van der Waals surface area contributed by atoms with Crippen LogP contribution in [0.3, 0.4) is 0 Å². The Morgan fingerprint density at radius 3 is 2.61 bits per heavy atom. The van der Waals surface area contributed by atoms with Crippen LogP contribution in [0.25, 0.3) is 0 Å². The van der Waals surface area contributed by atoms with Gasteiger partial charge >= 0.3 is 0 Å². The minimum atomic E-state index is 0.746. The van der Waals surface area contributed by atoms with E-state index in [0.29, 0.717) is 0 Å². The van der Waals surface area contributed by atoms with Gasteiger partial charge in [0, 0.05) is 17.3 Å². The fourth-order valence-corrected chi connectivity index (χ4v) is 3.90. The second-order valence-electron chi connectivity index (χ2n) is 5.43. The normalized spacial score (nSPS) is 17.9. The maximum Gasteiger partial charge on any atom is 0.0962 e. The average Bonchev–Trinajstić information content (AvgIpc) is 2.59. The van der Waals surface area contributed by atoms with Crippen molar-refractivity contribution in [3.05, 3.63) is 15.6 Å². The highest BCUT2D eigenvalue weighted by molar-refractivity contribution is 7.11. The molecule has 0 saturated heterocycles. The van der Waals surface area contributed by atoms with Gasteiger partial charge in [0.05, 0.1) is 10.7 Å². The molecule has 0 radical (unpaired) electrons. The molecule has 1 N–H and O–H groups in total. The smallest absolute Gasteiger partial charge is 0.0962 e. The maximum absolute atomic E-state index is 4.83. The zero-order valence-electron chi connectivity index (χ0n) is 11.8. The first-order chi connectivity index (χ1) is 8.81. The van der Waals surface area contributed by atoms with E-state index in [1.54, 1.807) is 0 Å². The number of aryl methyl sites for hydroxylation is 1. The molecule has 1 fully saturated rings. The van der Waals surface area contributed by atoms with E-state index >= 15 is 0 Å². The van der Waals surface area contributed by atoms with E-state index in [9.17, 15) is 0 Å². The molecule has 0 spiro atoms. The molecule has 0 unspecified atom stereocenters. The monoisotopic (exact) mass is 266 g/mol. The van der Waals surface area contributed by atoms with Crippen LogP contribution in [0.4, 0.5) is 0 Å². The van der Waals surface area contributed by atoms with Gasteiger partial charge in [-0.25, -0.2) is 4.98 Å². The lowest BCUT2D eigenvalue weighted by Gasteiger charge is -2.09. The van der Waals surface area contributed by atoms with Gasteiger partial charge in [0.1, 0.15) is 0 Å². The fraction of sp³-hybridized carbons (Fsp3) is 0.800. The Hall–Kier alpha value is -0.410. The van der Waals surface area contributed by atoms with Crippen molar-refractivity contribution < 1.29 is 0 Å². The standard InChI is InChI=1S/C15H26N2S/c1-3-10-16-11-14-12(2)17-15(18-14)13-8-6-4-5-7-9-13/h13,16H,3-11H2,1-2H3. The molecule has 1 aromatic heterocycles. The topological polar surface area (TPSA) is 24.9 Å². The summed E-state index contributed by atoms with van der Waals surface area (Å²) in [4.78, 5) is 6.28. The van der Waals surface area contributed by atoms with E-state index in [0.717, 1.165) is 19.0 Å². The Kier molecular flexibility index (Phi) is 5.64. The SMILES string of the molecule is CCCNCc1sc(C2CCCCCC2)nc1C. The number of hydrogen-bond acceptors (Lipinski definition) is 3. The van der Waals surface area contributed by atoms with Crippen molar-refractivity contribution in [3.8, 4) is 0 Å². The third-order valence-electron chi connectivity index (χ3n) is 3.83. The largest absolute Gasteiger partial charge is 0.312 e. The molecule has 2 rings (SSSR count). The van der Waals surface area contributed by atoms with Crippen LogP contribution >= 0.6 is 11.3 Å². The predicted octanol–water partition coefficient (Wildman–Crippen LogP) is 4.39. The minimum Gasteiger partial charge on any atom is -0.312 e. The zero-order valence-corrected chi connectivity index (χ0v) is 12.6. The van der Waals surface area contributed by atoms with Crippen LogP contribution in [0.1, 0.15) is 73.4 Å². The minimum absolute atomic E-state index is 0.746. The lowest BCUT2D eigenvalue weighted by atomic mass is 10.0. The van der Waals surface area contributed by atoms with E-state index in [-0.39, 0.29) is 0 Å². The van der Waals surface area contributed by atoms with Crippen molar-refractivity contribution in [2.45, 2.75) is 71.3 Å². The first-order valence-electron chi connectivity index (χ1n) is 7.48. The molecule has 1 aliphatic carbocycles. The van der Waals surface area contributed by atoms with Crippen LogP contribution in [0.2, 0.25) is 0 Å². The maximum atomic E-state index is 4.83. The number of thiazole rings is 1. The Labute approximate surface area is 115 Å². The first-order valence-corrected chi connectivity index (χ1v) is 8.29. The summed E-state index contributed by atoms with van der Waals surface area (Å²) in [6.07, 6.45) is 9.55. The molecule has 0 aliphatic heterocycles. The van der Waals surface area contributed by atoms with Crippen LogP contribution < -0.4 is 5.32 Å². The molecule has 0 aromatic carbocycles. The third kappa shape index (κ3) is 3.79. The van der Waals surface area contributed by atoms with Crippen LogP contribution in [0.5, 0.6) is 0 Å². The Bertz CT molecular complexity index is 351. The molecule has 2 nitrogen and oxygen atoms in total. The predicted molar refractivity (Wildman–Crippen MR) is 79.3 cm³/mol. The van der Waals surface area contributed by atoms with Crippen molar-refractivity contribution in [2.24, 2.45) is 0 Å². The van der Waals surface area contributed by atoms with Crippen molar-refractivity contribution in [3.63, 3.8) is 0 Å². The number of nitrogens with zero attached hydrogens (tertiary/aromatic N) is 1. The van der Waals surface area contributed by atoms with Gasteiger partial charge in [-0.1, -0.05) is 32.6 Å². The van der Waals surface area contributed by atoms with Crippen molar-refractivity contribution in [1.82, 2.24) is 10.3 Å². The first kappa shape index (κ1) is 14.0. The molecular weight excluding hydrogens is 240 g/mol. The molecule has 0 bridgehead atoms. The Balaban J connectivity index is 1.97. The summed E-state index contributed by atoms with van der Waals surface area (Å²) in [7, 11) is 0. The van der Waals surface area contributed by atoms with Gasteiger partial charge in [0.2, 0.25) is 0 Å². The molecule has 1 saturated carbocycles. The summed E-state index contributed by atoms with van der Waals surface area (Å²) in [5, 5.41) is 4.90.